The van der Waals surface area contributed by atoms with Crippen molar-refractivity contribution in [3.05, 3.63) is 41.0 Å². The Morgan fingerprint density at radius 2 is 2.08 bits per heavy atom. The van der Waals surface area contributed by atoms with E-state index in [2.05, 4.69) is 10.1 Å². The predicted molar refractivity (Wildman–Crippen MR) is 85.2 cm³/mol. The van der Waals surface area contributed by atoms with Gasteiger partial charge in [0.25, 0.3) is 0 Å². The first-order valence-corrected chi connectivity index (χ1v) is 6.87. The molecule has 0 spiro atoms. The van der Waals surface area contributed by atoms with Gasteiger partial charge in [0.2, 0.25) is 5.91 Å². The molecule has 3 N–H and O–H groups in total. The second-order valence-electron chi connectivity index (χ2n) is 5.08. The summed E-state index contributed by atoms with van der Waals surface area (Å²) >= 11 is 0. The molecule has 0 aliphatic carbocycles. The molecular weight excluding hydrogens is 315 g/mol. The molecule has 124 valence electrons. The van der Waals surface area contributed by atoms with Gasteiger partial charge >= 0.3 is 5.97 Å². The summed E-state index contributed by atoms with van der Waals surface area (Å²) in [5.74, 6) is -1.73. The lowest BCUT2D eigenvalue weighted by atomic mass is 10.1. The molecular formula is C16H15FN4O3. The number of hydrogen-bond donors (Lipinski definition) is 2. The van der Waals surface area contributed by atoms with E-state index in [1.165, 1.54) is 23.8 Å². The van der Waals surface area contributed by atoms with Crippen LogP contribution in [0.2, 0.25) is 0 Å². The molecule has 1 aromatic carbocycles. The van der Waals surface area contributed by atoms with Gasteiger partial charge in [-0.05, 0) is 18.6 Å². The predicted octanol–water partition coefficient (Wildman–Crippen LogP) is 2.12. The third kappa shape index (κ3) is 2.92. The zero-order valence-electron chi connectivity index (χ0n) is 13.3. The van der Waals surface area contributed by atoms with Gasteiger partial charge in [0.1, 0.15) is 11.9 Å². The number of nitrogen functional groups attached to an aromatic ring is 1. The number of anilines is 2. The van der Waals surface area contributed by atoms with E-state index in [0.29, 0.717) is 11.3 Å². The Hall–Kier alpha value is -3.34. The monoisotopic (exact) mass is 330 g/mol. The Balaban J connectivity index is 2.84. The fourth-order valence-corrected chi connectivity index (χ4v) is 2.36. The number of nitriles is 1. The maximum Gasteiger partial charge on any atom is 0.357 e. The van der Waals surface area contributed by atoms with Crippen molar-refractivity contribution in [1.29, 1.82) is 5.26 Å². The highest BCUT2D eigenvalue weighted by Crippen LogP contribution is 2.31. The minimum Gasteiger partial charge on any atom is -0.464 e. The van der Waals surface area contributed by atoms with E-state index in [9.17, 15) is 14.0 Å². The number of amides is 1. The van der Waals surface area contributed by atoms with Crippen molar-refractivity contribution in [1.82, 2.24) is 4.57 Å². The van der Waals surface area contributed by atoms with Crippen LogP contribution in [-0.2, 0) is 9.53 Å². The van der Waals surface area contributed by atoms with Crippen molar-refractivity contribution >= 4 is 23.3 Å². The number of methoxy groups -OCH3 is 1. The summed E-state index contributed by atoms with van der Waals surface area (Å²) in [6, 6.07) is 4.23. The quantitative estimate of drug-likeness (QED) is 0.838. The number of carbonyl (C=O) groups is 2. The number of benzene rings is 1. The molecule has 2 rings (SSSR count). The molecule has 0 radical (unpaired) electrons. The third-order valence-corrected chi connectivity index (χ3v) is 3.38. The number of aromatic nitrogens is 1. The molecule has 0 saturated heterocycles. The van der Waals surface area contributed by atoms with E-state index in [1.54, 1.807) is 6.92 Å². The van der Waals surface area contributed by atoms with Gasteiger partial charge in [-0.2, -0.15) is 5.26 Å². The lowest BCUT2D eigenvalue weighted by molar-refractivity contribution is -0.114. The molecule has 7 nitrogen and oxygen atoms in total. The first-order valence-electron chi connectivity index (χ1n) is 6.87. The van der Waals surface area contributed by atoms with Gasteiger partial charge in [0, 0.05) is 19.2 Å². The van der Waals surface area contributed by atoms with Crippen LogP contribution < -0.4 is 11.1 Å². The Morgan fingerprint density at radius 1 is 1.42 bits per heavy atom. The Labute approximate surface area is 137 Å². The molecule has 0 bridgehead atoms. The second kappa shape index (κ2) is 6.42. The Morgan fingerprint density at radius 3 is 2.62 bits per heavy atom. The first kappa shape index (κ1) is 17.0. The summed E-state index contributed by atoms with van der Waals surface area (Å²) < 4.78 is 19.8. The van der Waals surface area contributed by atoms with E-state index in [0.717, 1.165) is 13.2 Å². The number of nitrogens with zero attached hydrogens (tertiary/aromatic N) is 2. The normalized spacial score (nSPS) is 10.1. The number of carbonyl (C=O) groups excluding carboxylic acids is 2. The highest BCUT2D eigenvalue weighted by atomic mass is 19.1. The zero-order valence-corrected chi connectivity index (χ0v) is 13.3. The highest BCUT2D eigenvalue weighted by molar-refractivity contribution is 5.97. The van der Waals surface area contributed by atoms with Crippen LogP contribution in [0.4, 0.5) is 15.8 Å². The van der Waals surface area contributed by atoms with Gasteiger partial charge in [0.05, 0.1) is 29.7 Å². The molecule has 0 aliphatic rings. The molecule has 8 heteroatoms. The summed E-state index contributed by atoms with van der Waals surface area (Å²) in [5, 5.41) is 11.7. The maximum atomic E-state index is 13.9. The number of esters is 1. The third-order valence-electron chi connectivity index (χ3n) is 3.38. The average molecular weight is 330 g/mol. The van der Waals surface area contributed by atoms with Crippen molar-refractivity contribution in [2.75, 3.05) is 18.2 Å². The van der Waals surface area contributed by atoms with E-state index < -0.39 is 11.8 Å². The average Bonchev–Trinajstić information content (AvgIpc) is 2.85. The smallest absolute Gasteiger partial charge is 0.357 e. The minimum atomic E-state index is -0.787. The largest absolute Gasteiger partial charge is 0.464 e. The zero-order chi connectivity index (χ0) is 18.0. The molecule has 1 aromatic heterocycles. The molecule has 0 atom stereocenters. The van der Waals surface area contributed by atoms with Crippen LogP contribution in [-0.4, -0.2) is 23.6 Å². The number of rotatable bonds is 3. The van der Waals surface area contributed by atoms with Crippen molar-refractivity contribution in [2.45, 2.75) is 13.8 Å². The van der Waals surface area contributed by atoms with E-state index >= 15 is 0 Å². The lowest BCUT2D eigenvalue weighted by Gasteiger charge is -2.16. The topological polar surface area (TPSA) is 110 Å². The molecule has 1 amide bonds. The van der Waals surface area contributed by atoms with Gasteiger partial charge in [0.15, 0.2) is 5.69 Å². The number of nitrogens with two attached hydrogens (primary N) is 1. The minimum absolute atomic E-state index is 0.0334. The number of ether oxygens (including phenoxy) is 1. The van der Waals surface area contributed by atoms with Crippen LogP contribution in [0.15, 0.2) is 18.3 Å². The molecule has 0 aliphatic heterocycles. The fourth-order valence-electron chi connectivity index (χ4n) is 2.36. The molecule has 24 heavy (non-hydrogen) atoms. The maximum absolute atomic E-state index is 13.9. The fraction of sp³-hybridized carbons (Fsp3) is 0.188. The second-order valence-corrected chi connectivity index (χ2v) is 5.08. The van der Waals surface area contributed by atoms with Crippen LogP contribution in [0.3, 0.4) is 0 Å². The Kier molecular flexibility index (Phi) is 4.55. The number of aryl methyl sites for hydroxylation is 1. The Bertz CT molecular complexity index is 880. The van der Waals surface area contributed by atoms with Gasteiger partial charge in [-0.3, -0.25) is 4.79 Å². The lowest BCUT2D eigenvalue weighted by Crippen LogP contribution is -2.15. The summed E-state index contributed by atoms with van der Waals surface area (Å²) in [6.07, 6.45) is 1.29. The van der Waals surface area contributed by atoms with Crippen molar-refractivity contribution in [3.8, 4) is 11.8 Å². The van der Waals surface area contributed by atoms with Crippen molar-refractivity contribution < 1.29 is 18.7 Å². The van der Waals surface area contributed by atoms with Gasteiger partial charge < -0.3 is 20.4 Å². The number of halogens is 1. The van der Waals surface area contributed by atoms with Crippen LogP contribution >= 0.6 is 0 Å². The molecule has 2 aromatic rings. The molecule has 1 heterocycles. The first-order chi connectivity index (χ1) is 11.3. The van der Waals surface area contributed by atoms with Crippen molar-refractivity contribution in [2.24, 2.45) is 0 Å². The van der Waals surface area contributed by atoms with Crippen molar-refractivity contribution in [3.63, 3.8) is 0 Å². The number of hydrogen-bond acceptors (Lipinski definition) is 5. The summed E-state index contributed by atoms with van der Waals surface area (Å²) in [7, 11) is 1.16. The number of nitrogens with one attached hydrogen (secondary N) is 1. The van der Waals surface area contributed by atoms with Gasteiger partial charge in [-0.15, -0.1) is 0 Å². The van der Waals surface area contributed by atoms with Gasteiger partial charge in [-0.1, -0.05) is 0 Å². The highest BCUT2D eigenvalue weighted by Gasteiger charge is 2.24. The van der Waals surface area contributed by atoms with E-state index in [4.69, 9.17) is 11.0 Å². The van der Waals surface area contributed by atoms with E-state index in [1.807, 2.05) is 6.07 Å². The van der Waals surface area contributed by atoms with Crippen LogP contribution in [0.25, 0.3) is 5.69 Å². The van der Waals surface area contributed by atoms with E-state index in [-0.39, 0.29) is 28.5 Å². The van der Waals surface area contributed by atoms with Crippen LogP contribution in [0.1, 0.15) is 28.5 Å². The summed E-state index contributed by atoms with van der Waals surface area (Å²) in [6.45, 7) is 2.91. The van der Waals surface area contributed by atoms with Crippen LogP contribution in [0.5, 0.6) is 0 Å². The molecule has 0 fully saturated rings. The molecule has 0 unspecified atom stereocenters. The summed E-state index contributed by atoms with van der Waals surface area (Å²) in [4.78, 5) is 23.5. The molecule has 0 saturated carbocycles. The van der Waals surface area contributed by atoms with Crippen LogP contribution in [0, 0.1) is 24.1 Å². The summed E-state index contributed by atoms with van der Waals surface area (Å²) in [5.41, 5.74) is 6.57. The SMILES string of the molecule is COC(=O)c1c(N)c(C#N)cn1-c1cc(F)cc(C)c1NC(C)=O. The van der Waals surface area contributed by atoms with Gasteiger partial charge in [-0.25, -0.2) is 9.18 Å². The standard InChI is InChI=1S/C16H15FN4O3/c1-8-4-11(17)5-12(14(8)20-9(2)22)21-7-10(6-18)13(19)15(21)16(23)24-3/h4-5,7H,19H2,1-3H3,(H,20,22).